The molecule has 3 heteroatoms. The molecule has 1 aromatic rings. The highest BCUT2D eigenvalue weighted by Crippen LogP contribution is 2.26. The Hall–Kier alpha value is -1.12. The highest BCUT2D eigenvalue weighted by atomic mass is 16.1. The molecule has 14 heavy (non-hydrogen) atoms. The van der Waals surface area contributed by atoms with Crippen LogP contribution in [0.5, 0.6) is 0 Å². The van der Waals surface area contributed by atoms with E-state index in [4.69, 9.17) is 0 Å². The summed E-state index contributed by atoms with van der Waals surface area (Å²) in [6.07, 6.45) is 7.75. The van der Waals surface area contributed by atoms with E-state index in [1.165, 1.54) is 19.3 Å². The maximum absolute atomic E-state index is 11.7. The van der Waals surface area contributed by atoms with Crippen molar-refractivity contribution in [2.75, 3.05) is 0 Å². The Morgan fingerprint density at radius 2 is 2.07 bits per heavy atom. The van der Waals surface area contributed by atoms with Crippen LogP contribution in [0.2, 0.25) is 0 Å². The molecule has 0 atom stereocenters. The molecular weight excluding hydrogens is 176 g/mol. The first-order valence-corrected chi connectivity index (χ1v) is 5.32. The van der Waals surface area contributed by atoms with Gasteiger partial charge in [-0.3, -0.25) is 9.36 Å². The van der Waals surface area contributed by atoms with Crippen LogP contribution in [0.4, 0.5) is 0 Å². The zero-order valence-corrected chi connectivity index (χ0v) is 8.57. The summed E-state index contributed by atoms with van der Waals surface area (Å²) in [5.74, 6) is 0. The minimum Gasteiger partial charge on any atom is -0.296 e. The fourth-order valence-electron chi connectivity index (χ4n) is 2.13. The number of aromatic nitrogens is 2. The molecule has 1 aliphatic carbocycles. The molecule has 0 radical (unpaired) electrons. The molecule has 0 saturated heterocycles. The van der Waals surface area contributed by atoms with Crippen molar-refractivity contribution >= 4 is 0 Å². The van der Waals surface area contributed by atoms with E-state index < -0.39 is 0 Å². The molecule has 1 saturated carbocycles. The van der Waals surface area contributed by atoms with Crippen LogP contribution in [-0.2, 0) is 0 Å². The third kappa shape index (κ3) is 1.86. The van der Waals surface area contributed by atoms with Crippen molar-refractivity contribution in [1.29, 1.82) is 0 Å². The van der Waals surface area contributed by atoms with Gasteiger partial charge in [-0.25, -0.2) is 4.98 Å². The SMILES string of the molecule is Cc1cc(=O)n(C2CCCCC2)cn1. The largest absolute Gasteiger partial charge is 0.296 e. The van der Waals surface area contributed by atoms with Crippen molar-refractivity contribution in [2.45, 2.75) is 45.1 Å². The van der Waals surface area contributed by atoms with Gasteiger partial charge < -0.3 is 0 Å². The third-order valence-corrected chi connectivity index (χ3v) is 2.94. The zero-order chi connectivity index (χ0) is 9.97. The first kappa shape index (κ1) is 9.44. The molecule has 1 heterocycles. The minimum atomic E-state index is 0.101. The Morgan fingerprint density at radius 3 is 2.71 bits per heavy atom. The van der Waals surface area contributed by atoms with E-state index in [1.807, 2.05) is 6.92 Å². The topological polar surface area (TPSA) is 34.9 Å². The summed E-state index contributed by atoms with van der Waals surface area (Å²) in [4.78, 5) is 15.8. The zero-order valence-electron chi connectivity index (χ0n) is 8.57. The first-order valence-electron chi connectivity index (χ1n) is 5.32. The minimum absolute atomic E-state index is 0.101. The molecule has 0 amide bonds. The average molecular weight is 192 g/mol. The quantitative estimate of drug-likeness (QED) is 0.682. The monoisotopic (exact) mass is 192 g/mol. The van der Waals surface area contributed by atoms with Gasteiger partial charge in [0.1, 0.15) is 0 Å². The molecule has 0 bridgehead atoms. The van der Waals surface area contributed by atoms with Crippen molar-refractivity contribution in [1.82, 2.24) is 9.55 Å². The summed E-state index contributed by atoms with van der Waals surface area (Å²) < 4.78 is 1.80. The van der Waals surface area contributed by atoms with E-state index in [0.29, 0.717) is 6.04 Å². The number of hydrogen-bond acceptors (Lipinski definition) is 2. The van der Waals surface area contributed by atoms with Crippen LogP contribution in [0, 0.1) is 6.92 Å². The molecule has 1 aromatic heterocycles. The summed E-state index contributed by atoms with van der Waals surface area (Å²) in [5.41, 5.74) is 0.909. The number of hydrogen-bond donors (Lipinski definition) is 0. The predicted molar refractivity (Wildman–Crippen MR) is 55.4 cm³/mol. The van der Waals surface area contributed by atoms with Crippen LogP contribution >= 0.6 is 0 Å². The van der Waals surface area contributed by atoms with Crippen molar-refractivity contribution in [3.63, 3.8) is 0 Å². The summed E-state index contributed by atoms with van der Waals surface area (Å²) in [7, 11) is 0. The molecule has 0 aromatic carbocycles. The molecule has 1 aliphatic rings. The van der Waals surface area contributed by atoms with Crippen LogP contribution in [0.3, 0.4) is 0 Å². The van der Waals surface area contributed by atoms with E-state index >= 15 is 0 Å². The summed E-state index contributed by atoms with van der Waals surface area (Å²) in [5, 5.41) is 0. The van der Waals surface area contributed by atoms with Gasteiger partial charge in [0.15, 0.2) is 0 Å². The fraction of sp³-hybridized carbons (Fsp3) is 0.636. The van der Waals surface area contributed by atoms with Gasteiger partial charge >= 0.3 is 0 Å². The standard InChI is InChI=1S/C11H16N2O/c1-9-7-11(14)13(8-12-9)10-5-3-2-4-6-10/h7-8,10H,2-6H2,1H3. The molecule has 76 valence electrons. The highest BCUT2D eigenvalue weighted by molar-refractivity contribution is 4.97. The molecule has 1 fully saturated rings. The molecule has 0 spiro atoms. The maximum Gasteiger partial charge on any atom is 0.253 e. The average Bonchev–Trinajstić information content (AvgIpc) is 2.19. The molecule has 2 rings (SSSR count). The van der Waals surface area contributed by atoms with E-state index in [0.717, 1.165) is 18.5 Å². The summed E-state index contributed by atoms with van der Waals surface area (Å²) >= 11 is 0. The van der Waals surface area contributed by atoms with E-state index in [2.05, 4.69) is 4.98 Å². The van der Waals surface area contributed by atoms with E-state index in [1.54, 1.807) is 17.0 Å². The second-order valence-corrected chi connectivity index (χ2v) is 4.07. The van der Waals surface area contributed by atoms with Crippen LogP contribution < -0.4 is 5.56 Å². The van der Waals surface area contributed by atoms with Crippen LogP contribution in [0.15, 0.2) is 17.2 Å². The van der Waals surface area contributed by atoms with Gasteiger partial charge in [0.05, 0.1) is 6.33 Å². The number of aryl methyl sites for hydroxylation is 1. The molecule has 0 N–H and O–H groups in total. The summed E-state index contributed by atoms with van der Waals surface area (Å²) in [6, 6.07) is 2.01. The van der Waals surface area contributed by atoms with Crippen LogP contribution in [-0.4, -0.2) is 9.55 Å². The van der Waals surface area contributed by atoms with Gasteiger partial charge in [-0.15, -0.1) is 0 Å². The second-order valence-electron chi connectivity index (χ2n) is 4.07. The van der Waals surface area contributed by atoms with Gasteiger partial charge in [0.25, 0.3) is 5.56 Å². The lowest BCUT2D eigenvalue weighted by atomic mass is 9.95. The van der Waals surface area contributed by atoms with Crippen molar-refractivity contribution in [3.05, 3.63) is 28.4 Å². The lowest BCUT2D eigenvalue weighted by Gasteiger charge is -2.23. The Balaban J connectivity index is 2.26. The Bertz CT molecular complexity index is 364. The van der Waals surface area contributed by atoms with E-state index in [9.17, 15) is 4.79 Å². The Morgan fingerprint density at radius 1 is 1.36 bits per heavy atom. The van der Waals surface area contributed by atoms with Gasteiger partial charge in [-0.1, -0.05) is 19.3 Å². The smallest absolute Gasteiger partial charge is 0.253 e. The van der Waals surface area contributed by atoms with Crippen molar-refractivity contribution in [2.24, 2.45) is 0 Å². The van der Waals surface area contributed by atoms with Gasteiger partial charge in [-0.2, -0.15) is 0 Å². The van der Waals surface area contributed by atoms with Crippen LogP contribution in [0.1, 0.15) is 43.8 Å². The first-order chi connectivity index (χ1) is 6.77. The normalized spacial score (nSPS) is 18.4. The third-order valence-electron chi connectivity index (χ3n) is 2.94. The van der Waals surface area contributed by atoms with Crippen LogP contribution in [0.25, 0.3) is 0 Å². The lowest BCUT2D eigenvalue weighted by molar-refractivity contribution is 0.343. The molecule has 3 nitrogen and oxygen atoms in total. The Labute approximate surface area is 83.8 Å². The lowest BCUT2D eigenvalue weighted by Crippen LogP contribution is -2.26. The summed E-state index contributed by atoms with van der Waals surface area (Å²) in [6.45, 7) is 1.85. The van der Waals surface area contributed by atoms with Crippen molar-refractivity contribution < 1.29 is 0 Å². The molecular formula is C11H16N2O. The number of nitrogens with zero attached hydrogens (tertiary/aromatic N) is 2. The highest BCUT2D eigenvalue weighted by Gasteiger charge is 2.15. The van der Waals surface area contributed by atoms with Gasteiger partial charge in [0, 0.05) is 17.8 Å². The van der Waals surface area contributed by atoms with Gasteiger partial charge in [0.2, 0.25) is 0 Å². The second kappa shape index (κ2) is 3.95. The fourth-order valence-corrected chi connectivity index (χ4v) is 2.13. The molecule has 0 aliphatic heterocycles. The van der Waals surface area contributed by atoms with Crippen molar-refractivity contribution in [3.8, 4) is 0 Å². The van der Waals surface area contributed by atoms with Gasteiger partial charge in [-0.05, 0) is 19.8 Å². The van der Waals surface area contributed by atoms with E-state index in [-0.39, 0.29) is 5.56 Å². The Kier molecular flexibility index (Phi) is 2.66. The molecule has 0 unspecified atom stereocenters. The maximum atomic E-state index is 11.7. The number of rotatable bonds is 1. The predicted octanol–water partition coefficient (Wildman–Crippen LogP) is 2.06.